The van der Waals surface area contributed by atoms with E-state index in [4.69, 9.17) is 14.2 Å². The minimum Gasteiger partial charge on any atom is -0.504 e. The van der Waals surface area contributed by atoms with Crippen molar-refractivity contribution in [3.05, 3.63) is 29.8 Å². The Balaban J connectivity index is 2.02. The van der Waals surface area contributed by atoms with Crippen molar-refractivity contribution in [2.75, 3.05) is 7.11 Å². The molecule has 1 aromatic carbocycles. The van der Waals surface area contributed by atoms with Crippen molar-refractivity contribution in [2.24, 2.45) is 0 Å². The summed E-state index contributed by atoms with van der Waals surface area (Å²) in [6.45, 7) is 1.48. The third-order valence-electron chi connectivity index (χ3n) is 3.67. The number of carbonyl (C=O) groups excluding carboxylic acids is 1. The van der Waals surface area contributed by atoms with E-state index in [0.717, 1.165) is 6.08 Å². The third-order valence-corrected chi connectivity index (χ3v) is 3.67. The number of aromatic hydroxyl groups is 1. The number of carbonyl (C=O) groups is 1. The lowest BCUT2D eigenvalue weighted by Crippen LogP contribution is -2.57. The van der Waals surface area contributed by atoms with E-state index in [2.05, 4.69) is 0 Å². The van der Waals surface area contributed by atoms with Crippen LogP contribution in [-0.2, 0) is 14.3 Å². The summed E-state index contributed by atoms with van der Waals surface area (Å²) in [4.78, 5) is 11.8. The Morgan fingerprint density at radius 2 is 1.96 bits per heavy atom. The van der Waals surface area contributed by atoms with E-state index in [9.17, 15) is 25.2 Å². The van der Waals surface area contributed by atoms with Crippen LogP contribution in [0, 0.1) is 0 Å². The maximum atomic E-state index is 11.8. The van der Waals surface area contributed by atoms with Gasteiger partial charge < -0.3 is 34.6 Å². The minimum absolute atomic E-state index is 0.0362. The van der Waals surface area contributed by atoms with Crippen molar-refractivity contribution in [3.8, 4) is 11.5 Å². The van der Waals surface area contributed by atoms with Crippen LogP contribution >= 0.6 is 0 Å². The number of hydrogen-bond donors (Lipinski definition) is 4. The molecule has 132 valence electrons. The summed E-state index contributed by atoms with van der Waals surface area (Å²) in [6, 6.07) is 4.47. The zero-order chi connectivity index (χ0) is 17.9. The van der Waals surface area contributed by atoms with E-state index < -0.39 is 36.7 Å². The smallest absolute Gasteiger partial charge is 0.331 e. The van der Waals surface area contributed by atoms with Crippen LogP contribution in [0.3, 0.4) is 0 Å². The Bertz CT molecular complexity index is 614. The largest absolute Gasteiger partial charge is 0.504 e. The maximum Gasteiger partial charge on any atom is 0.331 e. The highest BCUT2D eigenvalue weighted by Crippen LogP contribution is 2.27. The van der Waals surface area contributed by atoms with E-state index in [1.54, 1.807) is 6.07 Å². The molecule has 0 saturated carbocycles. The molecule has 0 amide bonds. The number of benzene rings is 1. The molecule has 1 aliphatic heterocycles. The summed E-state index contributed by atoms with van der Waals surface area (Å²) < 4.78 is 14.9. The average Bonchev–Trinajstić information content (AvgIpc) is 2.56. The summed E-state index contributed by atoms with van der Waals surface area (Å²) in [6.07, 6.45) is -3.98. The molecule has 5 atom stereocenters. The second-order valence-corrected chi connectivity index (χ2v) is 5.38. The molecule has 1 aromatic rings. The fraction of sp³-hybridized carbons (Fsp3) is 0.438. The zero-order valence-corrected chi connectivity index (χ0v) is 13.2. The Morgan fingerprint density at radius 1 is 1.25 bits per heavy atom. The number of rotatable bonds is 4. The maximum absolute atomic E-state index is 11.8. The Kier molecular flexibility index (Phi) is 5.79. The molecule has 5 unspecified atom stereocenters. The van der Waals surface area contributed by atoms with Gasteiger partial charge in [0.05, 0.1) is 13.2 Å². The topological polar surface area (TPSA) is 126 Å². The summed E-state index contributed by atoms with van der Waals surface area (Å²) in [5.41, 5.74) is 0.566. The first kappa shape index (κ1) is 18.2. The Morgan fingerprint density at radius 3 is 2.62 bits per heavy atom. The van der Waals surface area contributed by atoms with Crippen LogP contribution < -0.4 is 4.74 Å². The van der Waals surface area contributed by atoms with Crippen molar-refractivity contribution >= 4 is 12.0 Å². The predicted molar refractivity (Wildman–Crippen MR) is 82.1 cm³/mol. The second-order valence-electron chi connectivity index (χ2n) is 5.38. The molecule has 0 radical (unpaired) electrons. The van der Waals surface area contributed by atoms with Gasteiger partial charge in [-0.3, -0.25) is 0 Å². The fourth-order valence-corrected chi connectivity index (χ4v) is 2.28. The highest BCUT2D eigenvalue weighted by atomic mass is 16.7. The first-order chi connectivity index (χ1) is 11.3. The fourth-order valence-electron chi connectivity index (χ4n) is 2.28. The van der Waals surface area contributed by atoms with E-state index in [1.165, 1.54) is 32.2 Å². The summed E-state index contributed by atoms with van der Waals surface area (Å²) in [5.74, 6) is -0.629. The average molecular weight is 340 g/mol. The molecule has 1 heterocycles. The van der Waals surface area contributed by atoms with Crippen molar-refractivity contribution in [3.63, 3.8) is 0 Å². The van der Waals surface area contributed by atoms with Gasteiger partial charge in [0.1, 0.15) is 12.2 Å². The Labute approximate surface area is 138 Å². The van der Waals surface area contributed by atoms with Gasteiger partial charge in [0.15, 0.2) is 23.9 Å². The van der Waals surface area contributed by atoms with Crippen LogP contribution in [0.15, 0.2) is 24.3 Å². The van der Waals surface area contributed by atoms with Gasteiger partial charge in [0.25, 0.3) is 0 Å². The molecule has 24 heavy (non-hydrogen) atoms. The van der Waals surface area contributed by atoms with Gasteiger partial charge in [-0.15, -0.1) is 0 Å². The van der Waals surface area contributed by atoms with Gasteiger partial charge in [-0.1, -0.05) is 6.07 Å². The number of aliphatic hydroxyl groups excluding tert-OH is 3. The molecule has 1 saturated heterocycles. The number of ether oxygens (including phenoxy) is 3. The summed E-state index contributed by atoms with van der Waals surface area (Å²) in [7, 11) is 1.40. The minimum atomic E-state index is -1.54. The normalized spacial score (nSPS) is 30.3. The molecule has 4 N–H and O–H groups in total. The number of phenolic OH excluding ortho intramolecular Hbond substituents is 1. The number of aliphatic hydroxyl groups is 3. The van der Waals surface area contributed by atoms with Gasteiger partial charge in [-0.2, -0.15) is 0 Å². The van der Waals surface area contributed by atoms with Crippen LogP contribution in [0.25, 0.3) is 6.08 Å². The lowest BCUT2D eigenvalue weighted by molar-refractivity contribution is -0.281. The molecule has 0 aliphatic carbocycles. The second kappa shape index (κ2) is 7.63. The molecule has 8 nitrogen and oxygen atoms in total. The zero-order valence-electron chi connectivity index (χ0n) is 13.2. The number of hydrogen-bond acceptors (Lipinski definition) is 8. The lowest BCUT2D eigenvalue weighted by atomic mass is 10.00. The van der Waals surface area contributed by atoms with Crippen molar-refractivity contribution < 1.29 is 39.4 Å². The molecule has 8 heteroatoms. The van der Waals surface area contributed by atoms with E-state index >= 15 is 0 Å². The predicted octanol–water partition coefficient (Wildman–Crippen LogP) is -0.215. The van der Waals surface area contributed by atoms with Gasteiger partial charge in [0, 0.05) is 6.08 Å². The quantitative estimate of drug-likeness (QED) is 0.438. The van der Waals surface area contributed by atoms with Crippen LogP contribution in [0.5, 0.6) is 11.5 Å². The number of methoxy groups -OCH3 is 1. The SMILES string of the molecule is COc1cc(C=CC(=O)OC2C(O)OC(C)C(O)C2O)ccc1O. The molecule has 0 aromatic heterocycles. The highest BCUT2D eigenvalue weighted by Gasteiger charge is 2.44. The first-order valence-electron chi connectivity index (χ1n) is 7.29. The third kappa shape index (κ3) is 4.04. The molecule has 0 bridgehead atoms. The molecule has 1 aliphatic rings. The number of phenols is 1. The van der Waals surface area contributed by atoms with Crippen LogP contribution in [0.2, 0.25) is 0 Å². The van der Waals surface area contributed by atoms with Crippen LogP contribution in [0.1, 0.15) is 12.5 Å². The van der Waals surface area contributed by atoms with Crippen molar-refractivity contribution in [1.29, 1.82) is 0 Å². The van der Waals surface area contributed by atoms with Gasteiger partial charge in [-0.05, 0) is 30.7 Å². The standard InChI is InChI=1S/C16H20O8/c1-8-13(19)14(20)15(16(21)23-8)24-12(18)6-4-9-3-5-10(17)11(7-9)22-2/h3-8,13-17,19-21H,1-2H3. The molecule has 0 spiro atoms. The number of esters is 1. The van der Waals surface area contributed by atoms with E-state index in [0.29, 0.717) is 5.56 Å². The van der Waals surface area contributed by atoms with Crippen molar-refractivity contribution in [2.45, 2.75) is 37.6 Å². The van der Waals surface area contributed by atoms with Crippen LogP contribution in [0.4, 0.5) is 0 Å². The summed E-state index contributed by atoms with van der Waals surface area (Å²) >= 11 is 0. The van der Waals surface area contributed by atoms with Gasteiger partial charge in [0.2, 0.25) is 0 Å². The Hall–Kier alpha value is -2.13. The first-order valence-corrected chi connectivity index (χ1v) is 7.29. The lowest BCUT2D eigenvalue weighted by Gasteiger charge is -2.38. The molecular formula is C16H20O8. The molecular weight excluding hydrogens is 320 g/mol. The van der Waals surface area contributed by atoms with E-state index in [1.807, 2.05) is 0 Å². The molecule has 2 rings (SSSR count). The van der Waals surface area contributed by atoms with E-state index in [-0.39, 0.29) is 11.5 Å². The van der Waals surface area contributed by atoms with Crippen LogP contribution in [-0.4, -0.2) is 64.2 Å². The molecule has 1 fully saturated rings. The van der Waals surface area contributed by atoms with Gasteiger partial charge >= 0.3 is 5.97 Å². The monoisotopic (exact) mass is 340 g/mol. The highest BCUT2D eigenvalue weighted by molar-refractivity contribution is 5.87. The van der Waals surface area contributed by atoms with Gasteiger partial charge in [-0.25, -0.2) is 4.79 Å². The van der Waals surface area contributed by atoms with Crippen molar-refractivity contribution in [1.82, 2.24) is 0 Å². The summed E-state index contributed by atoms with van der Waals surface area (Å²) in [5, 5.41) is 38.8.